The van der Waals surface area contributed by atoms with Gasteiger partial charge in [-0.3, -0.25) is 0 Å². The lowest BCUT2D eigenvalue weighted by Gasteiger charge is -2.12. The third-order valence-electron chi connectivity index (χ3n) is 2.56. The van der Waals surface area contributed by atoms with Gasteiger partial charge in [0.2, 0.25) is 0 Å². The van der Waals surface area contributed by atoms with Gasteiger partial charge in [0.15, 0.2) is 0 Å². The maximum Gasteiger partial charge on any atom is 0.123 e. The Balaban J connectivity index is 2.33. The van der Waals surface area contributed by atoms with E-state index >= 15 is 0 Å². The fourth-order valence-electron chi connectivity index (χ4n) is 1.69. The molecule has 108 valence electrons. The molecule has 0 aliphatic carbocycles. The first-order valence-corrected chi connectivity index (χ1v) is 7.02. The molecule has 1 aromatic carbocycles. The topological polar surface area (TPSA) is 53.5 Å². The third-order valence-corrected chi connectivity index (χ3v) is 2.79. The number of aliphatic hydroxyl groups excluding tert-OH is 1. The summed E-state index contributed by atoms with van der Waals surface area (Å²) in [4.78, 5) is 0. The van der Waals surface area contributed by atoms with Gasteiger partial charge in [-0.15, -0.1) is 0 Å². The van der Waals surface area contributed by atoms with Crippen molar-refractivity contribution in [1.82, 2.24) is 10.6 Å². The normalized spacial score (nSPS) is 12.4. The molecule has 0 heterocycles. The lowest BCUT2D eigenvalue weighted by atomic mass is 10.2. The maximum atomic E-state index is 9.10. The van der Waals surface area contributed by atoms with Gasteiger partial charge in [-0.05, 0) is 32.0 Å². The molecule has 19 heavy (non-hydrogen) atoms. The fraction of sp³-hybridized carbons (Fsp3) is 0.571. The van der Waals surface area contributed by atoms with Crippen molar-refractivity contribution in [2.24, 2.45) is 0 Å². The van der Waals surface area contributed by atoms with Crippen LogP contribution in [0.25, 0.3) is 0 Å². The Labute approximate surface area is 120 Å². The van der Waals surface area contributed by atoms with Gasteiger partial charge in [0, 0.05) is 36.8 Å². The molecule has 0 aromatic heterocycles. The van der Waals surface area contributed by atoms with Gasteiger partial charge < -0.3 is 20.5 Å². The van der Waals surface area contributed by atoms with E-state index in [1.807, 2.05) is 25.1 Å². The van der Waals surface area contributed by atoms with Gasteiger partial charge >= 0.3 is 0 Å². The Morgan fingerprint density at radius 1 is 1.32 bits per heavy atom. The van der Waals surface area contributed by atoms with Crippen molar-refractivity contribution in [2.45, 2.75) is 26.5 Å². The Kier molecular flexibility index (Phi) is 7.82. The molecule has 0 amide bonds. The van der Waals surface area contributed by atoms with Crippen LogP contribution in [0.1, 0.15) is 19.4 Å². The predicted molar refractivity (Wildman–Crippen MR) is 78.9 cm³/mol. The second-order valence-electron chi connectivity index (χ2n) is 4.41. The minimum atomic E-state index is -0.308. The third kappa shape index (κ3) is 6.78. The number of halogens is 1. The van der Waals surface area contributed by atoms with Crippen molar-refractivity contribution in [1.29, 1.82) is 0 Å². The molecule has 3 N–H and O–H groups in total. The van der Waals surface area contributed by atoms with Crippen molar-refractivity contribution in [3.05, 3.63) is 28.8 Å². The van der Waals surface area contributed by atoms with Crippen LogP contribution in [0.3, 0.4) is 0 Å². The second-order valence-corrected chi connectivity index (χ2v) is 4.85. The van der Waals surface area contributed by atoms with Gasteiger partial charge in [-0.2, -0.15) is 0 Å². The summed E-state index contributed by atoms with van der Waals surface area (Å²) >= 11 is 5.99. The fourth-order valence-corrected chi connectivity index (χ4v) is 1.89. The van der Waals surface area contributed by atoms with E-state index in [2.05, 4.69) is 10.6 Å². The number of hydrogen-bond acceptors (Lipinski definition) is 4. The van der Waals surface area contributed by atoms with Gasteiger partial charge in [-0.1, -0.05) is 11.6 Å². The molecule has 1 aromatic rings. The summed E-state index contributed by atoms with van der Waals surface area (Å²) in [5.41, 5.74) is 1.06. The standard InChI is InChI=1S/C14H23ClN2O2/c1-3-19-14-5-4-13(15)8-12(14)10-17-7-6-16-9-11(2)18/h4-5,8,11,16-18H,3,6-7,9-10H2,1-2H3/t11-/m1/s1. The number of rotatable bonds is 9. The Bertz CT molecular complexity index is 372. The molecule has 0 bridgehead atoms. The number of hydrogen-bond donors (Lipinski definition) is 3. The van der Waals surface area contributed by atoms with Crippen LogP contribution in [0.4, 0.5) is 0 Å². The molecule has 0 saturated carbocycles. The summed E-state index contributed by atoms with van der Waals surface area (Å²) in [6.07, 6.45) is -0.308. The molecule has 4 nitrogen and oxygen atoms in total. The molecule has 5 heteroatoms. The minimum absolute atomic E-state index is 0.308. The zero-order valence-electron chi connectivity index (χ0n) is 11.6. The van der Waals surface area contributed by atoms with Crippen molar-refractivity contribution < 1.29 is 9.84 Å². The largest absolute Gasteiger partial charge is 0.494 e. The van der Waals surface area contributed by atoms with E-state index in [0.29, 0.717) is 24.7 Å². The summed E-state index contributed by atoms with van der Waals surface area (Å²) in [5, 5.41) is 16.3. The number of aliphatic hydroxyl groups is 1. The molecule has 1 atom stereocenters. The van der Waals surface area contributed by atoms with Crippen molar-refractivity contribution in [3.8, 4) is 5.75 Å². The highest BCUT2D eigenvalue weighted by Gasteiger charge is 2.04. The monoisotopic (exact) mass is 286 g/mol. The molecular weight excluding hydrogens is 264 g/mol. The van der Waals surface area contributed by atoms with Gasteiger partial charge in [0.05, 0.1) is 12.7 Å². The van der Waals surface area contributed by atoms with E-state index in [0.717, 1.165) is 24.4 Å². The van der Waals surface area contributed by atoms with Crippen LogP contribution in [0.5, 0.6) is 5.75 Å². The average molecular weight is 287 g/mol. The smallest absolute Gasteiger partial charge is 0.123 e. The van der Waals surface area contributed by atoms with E-state index in [9.17, 15) is 0 Å². The molecule has 0 unspecified atom stereocenters. The van der Waals surface area contributed by atoms with Crippen molar-refractivity contribution in [2.75, 3.05) is 26.2 Å². The first-order chi connectivity index (χ1) is 9.13. The zero-order chi connectivity index (χ0) is 14.1. The van der Waals surface area contributed by atoms with Gasteiger partial charge in [-0.25, -0.2) is 0 Å². The predicted octanol–water partition coefficient (Wildman–Crippen LogP) is 1.80. The van der Waals surface area contributed by atoms with E-state index in [4.69, 9.17) is 21.4 Å². The zero-order valence-corrected chi connectivity index (χ0v) is 12.3. The summed E-state index contributed by atoms with van der Waals surface area (Å²) < 4.78 is 5.55. The van der Waals surface area contributed by atoms with E-state index in [1.165, 1.54) is 0 Å². The number of nitrogens with one attached hydrogen (secondary N) is 2. The molecule has 1 rings (SSSR count). The van der Waals surface area contributed by atoms with Crippen LogP contribution in [-0.4, -0.2) is 37.5 Å². The van der Waals surface area contributed by atoms with Crippen LogP contribution in [0.2, 0.25) is 5.02 Å². The molecule has 0 spiro atoms. The molecule has 0 fully saturated rings. The SMILES string of the molecule is CCOc1ccc(Cl)cc1CNCCNC[C@@H](C)O. The summed E-state index contributed by atoms with van der Waals surface area (Å²) in [5.74, 6) is 0.872. The maximum absolute atomic E-state index is 9.10. The van der Waals surface area contributed by atoms with Gasteiger partial charge in [0.25, 0.3) is 0 Å². The van der Waals surface area contributed by atoms with Crippen LogP contribution >= 0.6 is 11.6 Å². The minimum Gasteiger partial charge on any atom is -0.494 e. The summed E-state index contributed by atoms with van der Waals surface area (Å²) in [6.45, 7) is 7.34. The lowest BCUT2D eigenvalue weighted by molar-refractivity contribution is 0.191. The highest BCUT2D eigenvalue weighted by molar-refractivity contribution is 6.30. The average Bonchev–Trinajstić information content (AvgIpc) is 2.36. The highest BCUT2D eigenvalue weighted by atomic mass is 35.5. The Morgan fingerprint density at radius 2 is 2.05 bits per heavy atom. The Hall–Kier alpha value is -0.810. The van der Waals surface area contributed by atoms with Gasteiger partial charge in [0.1, 0.15) is 5.75 Å². The second kappa shape index (κ2) is 9.15. The van der Waals surface area contributed by atoms with E-state index in [-0.39, 0.29) is 6.10 Å². The first kappa shape index (κ1) is 16.2. The van der Waals surface area contributed by atoms with Crippen LogP contribution < -0.4 is 15.4 Å². The molecule has 0 radical (unpaired) electrons. The molecule has 0 aliphatic rings. The lowest BCUT2D eigenvalue weighted by Crippen LogP contribution is -2.31. The van der Waals surface area contributed by atoms with E-state index < -0.39 is 0 Å². The first-order valence-electron chi connectivity index (χ1n) is 6.64. The van der Waals surface area contributed by atoms with E-state index in [1.54, 1.807) is 6.92 Å². The Morgan fingerprint density at radius 3 is 2.74 bits per heavy atom. The quantitative estimate of drug-likeness (QED) is 0.606. The number of ether oxygens (including phenoxy) is 1. The molecule has 0 saturated heterocycles. The number of benzene rings is 1. The highest BCUT2D eigenvalue weighted by Crippen LogP contribution is 2.22. The van der Waals surface area contributed by atoms with Crippen molar-refractivity contribution in [3.63, 3.8) is 0 Å². The van der Waals surface area contributed by atoms with Crippen molar-refractivity contribution >= 4 is 11.6 Å². The van der Waals surface area contributed by atoms with Crippen LogP contribution in [-0.2, 0) is 6.54 Å². The van der Waals surface area contributed by atoms with Crippen LogP contribution in [0.15, 0.2) is 18.2 Å². The summed E-state index contributed by atoms with van der Waals surface area (Å²) in [6, 6.07) is 5.65. The van der Waals surface area contributed by atoms with Crippen LogP contribution in [0, 0.1) is 0 Å². The summed E-state index contributed by atoms with van der Waals surface area (Å²) in [7, 11) is 0. The molecule has 0 aliphatic heterocycles. The molecular formula is C14H23ClN2O2.